The lowest BCUT2D eigenvalue weighted by Gasteiger charge is -2.09. The van der Waals surface area contributed by atoms with Crippen LogP contribution in [0.3, 0.4) is 0 Å². The zero-order valence-electron chi connectivity index (χ0n) is 13.4. The maximum absolute atomic E-state index is 12.1. The van der Waals surface area contributed by atoms with Gasteiger partial charge in [-0.15, -0.1) is 0 Å². The summed E-state index contributed by atoms with van der Waals surface area (Å²) in [5, 5.41) is 14.6. The maximum Gasteiger partial charge on any atom is 0.339 e. The van der Waals surface area contributed by atoms with E-state index in [0.29, 0.717) is 12.2 Å². The summed E-state index contributed by atoms with van der Waals surface area (Å²) in [5.41, 5.74) is 0.481. The summed E-state index contributed by atoms with van der Waals surface area (Å²) in [6.45, 7) is 2.80. The van der Waals surface area contributed by atoms with Crippen LogP contribution in [0.1, 0.15) is 36.5 Å². The van der Waals surface area contributed by atoms with Crippen molar-refractivity contribution in [2.45, 2.75) is 26.2 Å². The van der Waals surface area contributed by atoms with Crippen LogP contribution in [-0.2, 0) is 9.53 Å². The van der Waals surface area contributed by atoms with E-state index in [4.69, 9.17) is 5.26 Å². The van der Waals surface area contributed by atoms with Crippen LogP contribution in [0.4, 0.5) is 5.69 Å². The minimum Gasteiger partial charge on any atom is -0.465 e. The fourth-order valence-corrected chi connectivity index (χ4v) is 1.87. The average Bonchev–Trinajstić information content (AvgIpc) is 2.57. The lowest BCUT2D eigenvalue weighted by Crippen LogP contribution is -2.19. The Labute approximate surface area is 136 Å². The number of para-hydroxylation sites is 1. The Morgan fingerprint density at radius 1 is 1.30 bits per heavy atom. The first-order chi connectivity index (χ1) is 11.1. The molecule has 0 unspecified atom stereocenters. The lowest BCUT2D eigenvalue weighted by molar-refractivity contribution is -0.112. The van der Waals surface area contributed by atoms with Crippen molar-refractivity contribution in [2.75, 3.05) is 19.0 Å². The first-order valence-electron chi connectivity index (χ1n) is 7.46. The number of ether oxygens (including phenoxy) is 1. The highest BCUT2D eigenvalue weighted by atomic mass is 16.5. The van der Waals surface area contributed by atoms with Gasteiger partial charge in [-0.1, -0.05) is 31.9 Å². The molecule has 0 fully saturated rings. The third kappa shape index (κ3) is 5.83. The molecule has 6 nitrogen and oxygen atoms in total. The topological polar surface area (TPSA) is 91.2 Å². The minimum absolute atomic E-state index is 0.0545. The zero-order chi connectivity index (χ0) is 17.1. The number of hydrogen-bond acceptors (Lipinski definition) is 5. The highest BCUT2D eigenvalue weighted by molar-refractivity contribution is 6.09. The van der Waals surface area contributed by atoms with Crippen LogP contribution >= 0.6 is 0 Å². The van der Waals surface area contributed by atoms with E-state index in [9.17, 15) is 9.59 Å². The summed E-state index contributed by atoms with van der Waals surface area (Å²) in [5.74, 6) is -1.13. The summed E-state index contributed by atoms with van der Waals surface area (Å²) < 4.78 is 4.67. The molecule has 1 aromatic rings. The Morgan fingerprint density at radius 2 is 2.04 bits per heavy atom. The van der Waals surface area contributed by atoms with Crippen molar-refractivity contribution in [3.63, 3.8) is 0 Å². The molecule has 0 saturated heterocycles. The molecule has 0 aliphatic carbocycles. The van der Waals surface area contributed by atoms with Gasteiger partial charge in [-0.05, 0) is 18.6 Å². The lowest BCUT2D eigenvalue weighted by atomic mass is 10.1. The molecular weight excluding hydrogens is 294 g/mol. The molecule has 0 aliphatic heterocycles. The molecule has 0 aliphatic rings. The SMILES string of the molecule is CCCCCN/C=C(/C#N)C(=O)Nc1ccccc1C(=O)OC. The van der Waals surface area contributed by atoms with E-state index in [-0.39, 0.29) is 11.1 Å². The molecular formula is C17H21N3O3. The molecule has 23 heavy (non-hydrogen) atoms. The molecule has 1 amide bonds. The van der Waals surface area contributed by atoms with Gasteiger partial charge in [0.1, 0.15) is 11.6 Å². The van der Waals surface area contributed by atoms with Crippen LogP contribution in [0.25, 0.3) is 0 Å². The molecule has 2 N–H and O–H groups in total. The molecule has 122 valence electrons. The smallest absolute Gasteiger partial charge is 0.339 e. The Morgan fingerprint density at radius 3 is 2.70 bits per heavy atom. The number of nitriles is 1. The fourth-order valence-electron chi connectivity index (χ4n) is 1.87. The van der Waals surface area contributed by atoms with E-state index < -0.39 is 11.9 Å². The Kier molecular flexibility index (Phi) is 7.94. The average molecular weight is 315 g/mol. The van der Waals surface area contributed by atoms with E-state index in [1.807, 2.05) is 6.07 Å². The number of carbonyl (C=O) groups is 2. The van der Waals surface area contributed by atoms with Crippen molar-refractivity contribution in [3.05, 3.63) is 41.6 Å². The molecule has 0 spiro atoms. The van der Waals surface area contributed by atoms with E-state index in [0.717, 1.165) is 19.3 Å². The third-order valence-electron chi connectivity index (χ3n) is 3.12. The first-order valence-corrected chi connectivity index (χ1v) is 7.46. The van der Waals surface area contributed by atoms with Crippen LogP contribution < -0.4 is 10.6 Å². The van der Waals surface area contributed by atoms with Gasteiger partial charge < -0.3 is 15.4 Å². The van der Waals surface area contributed by atoms with Gasteiger partial charge in [0, 0.05) is 12.7 Å². The molecule has 0 heterocycles. The van der Waals surface area contributed by atoms with Gasteiger partial charge in [-0.3, -0.25) is 4.79 Å². The second-order valence-corrected chi connectivity index (χ2v) is 4.82. The normalized spacial score (nSPS) is 10.6. The number of esters is 1. The fraction of sp³-hybridized carbons (Fsp3) is 0.353. The summed E-state index contributed by atoms with van der Waals surface area (Å²) in [4.78, 5) is 23.8. The van der Waals surface area contributed by atoms with Gasteiger partial charge in [0.15, 0.2) is 0 Å². The van der Waals surface area contributed by atoms with Gasteiger partial charge in [-0.2, -0.15) is 5.26 Å². The summed E-state index contributed by atoms with van der Waals surface area (Å²) in [6.07, 6.45) is 4.55. The predicted octanol–water partition coefficient (Wildman–Crippen LogP) is 2.60. The molecule has 0 saturated carbocycles. The summed E-state index contributed by atoms with van der Waals surface area (Å²) in [7, 11) is 1.27. The van der Waals surface area contributed by atoms with Crippen molar-refractivity contribution in [1.82, 2.24) is 5.32 Å². The van der Waals surface area contributed by atoms with Gasteiger partial charge in [0.05, 0.1) is 18.4 Å². The molecule has 0 aromatic heterocycles. The standard InChI is InChI=1S/C17H21N3O3/c1-3-4-7-10-19-12-13(11-18)16(21)20-15-9-6-5-8-14(15)17(22)23-2/h5-6,8-9,12,19H,3-4,7,10H2,1-2H3,(H,20,21)/b13-12-. The van der Waals surface area contributed by atoms with Gasteiger partial charge in [0.25, 0.3) is 5.91 Å². The second-order valence-electron chi connectivity index (χ2n) is 4.82. The molecule has 6 heteroatoms. The predicted molar refractivity (Wildman–Crippen MR) is 87.6 cm³/mol. The maximum atomic E-state index is 12.1. The first kappa shape index (κ1) is 18.2. The van der Waals surface area contributed by atoms with E-state index in [1.54, 1.807) is 24.3 Å². The summed E-state index contributed by atoms with van der Waals surface area (Å²) in [6, 6.07) is 8.31. The Bertz CT molecular complexity index is 618. The monoisotopic (exact) mass is 315 g/mol. The molecule has 0 bridgehead atoms. The van der Waals surface area contributed by atoms with E-state index in [2.05, 4.69) is 22.3 Å². The zero-order valence-corrected chi connectivity index (χ0v) is 13.4. The van der Waals surface area contributed by atoms with Crippen LogP contribution in [0, 0.1) is 11.3 Å². The van der Waals surface area contributed by atoms with E-state index >= 15 is 0 Å². The minimum atomic E-state index is -0.577. The number of nitrogens with one attached hydrogen (secondary N) is 2. The Balaban J connectivity index is 2.76. The third-order valence-corrected chi connectivity index (χ3v) is 3.12. The van der Waals surface area contributed by atoms with Crippen LogP contribution in [0.5, 0.6) is 0 Å². The van der Waals surface area contributed by atoms with Crippen molar-refractivity contribution < 1.29 is 14.3 Å². The molecule has 1 rings (SSSR count). The molecule has 0 radical (unpaired) electrons. The number of unbranched alkanes of at least 4 members (excludes halogenated alkanes) is 2. The number of benzene rings is 1. The Hall–Kier alpha value is -2.81. The van der Waals surface area contributed by atoms with Gasteiger partial charge in [0.2, 0.25) is 0 Å². The number of carbonyl (C=O) groups excluding carboxylic acids is 2. The van der Waals surface area contributed by atoms with E-state index in [1.165, 1.54) is 13.3 Å². The number of anilines is 1. The summed E-state index contributed by atoms with van der Waals surface area (Å²) >= 11 is 0. The van der Waals surface area contributed by atoms with Crippen molar-refractivity contribution in [3.8, 4) is 6.07 Å². The number of methoxy groups -OCH3 is 1. The number of nitrogens with zero attached hydrogens (tertiary/aromatic N) is 1. The van der Waals surface area contributed by atoms with Crippen LogP contribution in [0.2, 0.25) is 0 Å². The van der Waals surface area contributed by atoms with Crippen LogP contribution in [-0.4, -0.2) is 25.5 Å². The highest BCUT2D eigenvalue weighted by Crippen LogP contribution is 2.16. The van der Waals surface area contributed by atoms with Crippen molar-refractivity contribution in [1.29, 1.82) is 5.26 Å². The quantitative estimate of drug-likeness (QED) is 0.333. The molecule has 0 atom stereocenters. The number of amides is 1. The van der Waals surface area contributed by atoms with Gasteiger partial charge >= 0.3 is 5.97 Å². The van der Waals surface area contributed by atoms with Crippen molar-refractivity contribution in [2.24, 2.45) is 0 Å². The van der Waals surface area contributed by atoms with Crippen molar-refractivity contribution >= 4 is 17.6 Å². The number of rotatable bonds is 8. The van der Waals surface area contributed by atoms with Crippen LogP contribution in [0.15, 0.2) is 36.0 Å². The second kappa shape index (κ2) is 10.0. The highest BCUT2D eigenvalue weighted by Gasteiger charge is 2.15. The molecule has 1 aromatic carbocycles. The number of hydrogen-bond donors (Lipinski definition) is 2. The largest absolute Gasteiger partial charge is 0.465 e. The van der Waals surface area contributed by atoms with Gasteiger partial charge in [-0.25, -0.2) is 4.79 Å².